The zero-order valence-corrected chi connectivity index (χ0v) is 18.7. The van der Waals surface area contributed by atoms with Gasteiger partial charge >= 0.3 is 0 Å². The topological polar surface area (TPSA) is 80.8 Å². The van der Waals surface area contributed by atoms with E-state index in [0.717, 1.165) is 30.2 Å². The molecule has 4 aliphatic heterocycles. The van der Waals surface area contributed by atoms with Gasteiger partial charge in [0.15, 0.2) is 11.4 Å². The van der Waals surface area contributed by atoms with Gasteiger partial charge in [-0.15, -0.1) is 0 Å². The van der Waals surface area contributed by atoms with E-state index < -0.39 is 25.5 Å². The van der Waals surface area contributed by atoms with E-state index in [1.807, 2.05) is 0 Å². The van der Waals surface area contributed by atoms with E-state index in [-0.39, 0.29) is 16.9 Å². The van der Waals surface area contributed by atoms with Crippen molar-refractivity contribution in [2.75, 3.05) is 33.7 Å². The molecule has 160 valence electrons. The van der Waals surface area contributed by atoms with Gasteiger partial charge in [0.2, 0.25) is 10.0 Å². The Labute approximate surface area is 179 Å². The van der Waals surface area contributed by atoms with E-state index in [1.165, 1.54) is 26.2 Å². The number of benzene rings is 2. The fourth-order valence-electron chi connectivity index (χ4n) is 5.12. The van der Waals surface area contributed by atoms with Gasteiger partial charge < -0.3 is 5.21 Å². The van der Waals surface area contributed by atoms with Crippen LogP contribution in [0.3, 0.4) is 0 Å². The van der Waals surface area contributed by atoms with Gasteiger partial charge in [-0.05, 0) is 44.1 Å². The van der Waals surface area contributed by atoms with Gasteiger partial charge in [0.1, 0.15) is 15.8 Å². The second-order valence-electron chi connectivity index (χ2n) is 8.52. The Morgan fingerprint density at radius 3 is 2.37 bits per heavy atom. The molecule has 0 aromatic heterocycles. The molecule has 4 aliphatic rings. The van der Waals surface area contributed by atoms with Gasteiger partial charge in [-0.25, -0.2) is 16.9 Å². The van der Waals surface area contributed by atoms with Crippen molar-refractivity contribution in [1.82, 2.24) is 13.9 Å². The summed E-state index contributed by atoms with van der Waals surface area (Å²) in [6.45, 7) is 2.66. The molecule has 2 aromatic rings. The van der Waals surface area contributed by atoms with Gasteiger partial charge in [-0.3, -0.25) is 9.55 Å². The summed E-state index contributed by atoms with van der Waals surface area (Å²) in [6, 6.07) is 11.3. The minimum atomic E-state index is -3.72. The Balaban J connectivity index is 1.77. The molecule has 0 saturated carbocycles. The first kappa shape index (κ1) is 20.3. The second-order valence-corrected chi connectivity index (χ2v) is 12.1. The molecule has 4 heterocycles. The predicted octanol–water partition coefficient (Wildman–Crippen LogP) is 2.65. The van der Waals surface area contributed by atoms with Gasteiger partial charge in [0.05, 0.1) is 22.2 Å². The number of quaternary nitrogens is 1. The van der Waals surface area contributed by atoms with Crippen LogP contribution in [-0.4, -0.2) is 61.6 Å². The van der Waals surface area contributed by atoms with Crippen molar-refractivity contribution in [1.29, 1.82) is 0 Å². The largest absolute Gasteiger partial charge is 0.622 e. The Bertz CT molecular complexity index is 1140. The van der Waals surface area contributed by atoms with E-state index in [0.29, 0.717) is 27.7 Å². The summed E-state index contributed by atoms with van der Waals surface area (Å²) in [5, 5.41) is 14.9. The smallest absolute Gasteiger partial charge is 0.242 e. The van der Waals surface area contributed by atoms with Gasteiger partial charge in [-0.2, -0.15) is 0 Å². The van der Waals surface area contributed by atoms with Crippen molar-refractivity contribution in [2.45, 2.75) is 33.6 Å². The summed E-state index contributed by atoms with van der Waals surface area (Å²) in [5.74, 6) is 0.258. The lowest BCUT2D eigenvalue weighted by molar-refractivity contribution is 0.0440. The molecule has 0 radical (unpaired) electrons. The van der Waals surface area contributed by atoms with Crippen LogP contribution in [-0.2, 0) is 20.8 Å². The normalized spacial score (nSPS) is 32.7. The molecule has 0 amide bonds. The maximum atomic E-state index is 14.9. The van der Waals surface area contributed by atoms with Crippen LogP contribution < -0.4 is 4.65 Å². The Kier molecular flexibility index (Phi) is 4.70. The van der Waals surface area contributed by atoms with Crippen LogP contribution in [0, 0.1) is 11.1 Å². The molecule has 3 fully saturated rings. The molecule has 3 atom stereocenters. The summed E-state index contributed by atoms with van der Waals surface area (Å²) >= 11 is 0. The highest BCUT2D eigenvalue weighted by Crippen LogP contribution is 2.52. The molecule has 30 heavy (non-hydrogen) atoms. The average Bonchev–Trinajstić information content (AvgIpc) is 2.77. The van der Waals surface area contributed by atoms with E-state index >= 15 is 0 Å². The van der Waals surface area contributed by atoms with Crippen LogP contribution in [0.2, 0.25) is 0 Å². The fourth-order valence-corrected chi connectivity index (χ4v) is 7.46. The Hall–Kier alpha value is -1.62. The minimum Gasteiger partial charge on any atom is -0.622 e. The van der Waals surface area contributed by atoms with Gasteiger partial charge in [0.25, 0.3) is 0 Å². The van der Waals surface area contributed by atoms with Crippen LogP contribution in [0.25, 0.3) is 0 Å². The zero-order chi connectivity index (χ0) is 21.3. The molecule has 7 nitrogen and oxygen atoms in total. The number of hydrogen-bond acceptors (Lipinski definition) is 5. The lowest BCUT2D eigenvalue weighted by Gasteiger charge is -2.57. The van der Waals surface area contributed by atoms with Crippen LogP contribution in [0.15, 0.2) is 57.2 Å². The number of para-hydroxylation sites is 1. The van der Waals surface area contributed by atoms with Crippen molar-refractivity contribution < 1.29 is 12.6 Å². The van der Waals surface area contributed by atoms with Crippen LogP contribution in [0.4, 0.5) is 11.4 Å². The molecule has 3 unspecified atom stereocenters. The van der Waals surface area contributed by atoms with Crippen LogP contribution >= 0.6 is 0 Å². The first-order valence-corrected chi connectivity index (χ1v) is 12.7. The maximum absolute atomic E-state index is 14.9. The monoisotopic (exact) mass is 447 g/mol. The lowest BCUT2D eigenvalue weighted by Crippen LogP contribution is -2.63. The highest BCUT2D eigenvalue weighted by atomic mass is 32.2. The maximum Gasteiger partial charge on any atom is 0.242 e. The molecule has 2 bridgehead atoms. The van der Waals surface area contributed by atoms with Crippen molar-refractivity contribution >= 4 is 32.2 Å². The van der Waals surface area contributed by atoms with Crippen molar-refractivity contribution in [3.63, 3.8) is 0 Å². The molecule has 0 spiro atoms. The van der Waals surface area contributed by atoms with Gasteiger partial charge in [0, 0.05) is 32.1 Å². The summed E-state index contributed by atoms with van der Waals surface area (Å²) in [5.41, 5.74) is 0.773. The first-order chi connectivity index (χ1) is 14.2. The molecule has 9 heteroatoms. The van der Waals surface area contributed by atoms with E-state index in [4.69, 9.17) is 0 Å². The first-order valence-electron chi connectivity index (χ1n) is 10.1. The molecule has 2 aromatic carbocycles. The molecule has 0 aliphatic carbocycles. The van der Waals surface area contributed by atoms with Crippen molar-refractivity contribution in [2.24, 2.45) is 5.92 Å². The average molecular weight is 448 g/mol. The summed E-state index contributed by atoms with van der Waals surface area (Å²) in [6.07, 6.45) is 1.92. The number of piperidine rings is 3. The summed E-state index contributed by atoms with van der Waals surface area (Å²) in [7, 11) is -2.31. The van der Waals surface area contributed by atoms with E-state index in [9.17, 15) is 17.8 Å². The predicted molar refractivity (Wildman–Crippen MR) is 116 cm³/mol. The van der Waals surface area contributed by atoms with Crippen molar-refractivity contribution in [3.8, 4) is 0 Å². The SMILES string of the molecule is CN(C)S(=O)(=O)c1ccc2c(c1)[N+]([O-])(C1CN3CCC1CC3)c1ccccc1S2=O. The lowest BCUT2D eigenvalue weighted by atomic mass is 9.82. The Morgan fingerprint density at radius 1 is 1.07 bits per heavy atom. The molecular formula is C21H25N3O4S2. The third-order valence-corrected chi connectivity index (χ3v) is 10.1. The fraction of sp³-hybridized carbons (Fsp3) is 0.429. The quantitative estimate of drug-likeness (QED) is 0.534. The van der Waals surface area contributed by atoms with Gasteiger partial charge in [-0.1, -0.05) is 12.1 Å². The van der Waals surface area contributed by atoms with Crippen LogP contribution in [0.5, 0.6) is 0 Å². The molecule has 0 N–H and O–H groups in total. The molecular weight excluding hydrogens is 422 g/mol. The third kappa shape index (κ3) is 2.77. The standard InChI is InChI=1S/C21H25N3O4S2/c1-22(2)30(27,28)16-7-8-21-18(13-16)24(25,17-5-3-4-6-20(17)29(21)26)19-14-23-11-9-15(19)10-12-23/h3-8,13,15,19H,9-12,14H2,1-2H3. The minimum absolute atomic E-state index is 0.0576. The molecule has 6 rings (SSSR count). The highest BCUT2D eigenvalue weighted by Gasteiger charge is 2.50. The number of nitrogens with zero attached hydrogens (tertiary/aromatic N) is 3. The number of sulfonamides is 1. The second kappa shape index (κ2) is 6.94. The zero-order valence-electron chi connectivity index (χ0n) is 17.0. The van der Waals surface area contributed by atoms with Crippen molar-refractivity contribution in [3.05, 3.63) is 47.7 Å². The number of hydrogen-bond donors (Lipinski definition) is 0. The van der Waals surface area contributed by atoms with Crippen LogP contribution in [0.1, 0.15) is 12.8 Å². The van der Waals surface area contributed by atoms with E-state index in [2.05, 4.69) is 4.90 Å². The number of fused-ring (bicyclic) bond motifs is 5. The number of rotatable bonds is 3. The number of hydroxylamine groups is 1. The summed E-state index contributed by atoms with van der Waals surface area (Å²) < 4.78 is 39.3. The van der Waals surface area contributed by atoms with E-state index in [1.54, 1.807) is 30.3 Å². The highest BCUT2D eigenvalue weighted by molar-refractivity contribution is 7.89. The Morgan fingerprint density at radius 2 is 1.73 bits per heavy atom. The summed E-state index contributed by atoms with van der Waals surface area (Å²) in [4.78, 5) is 3.32. The third-order valence-electron chi connectivity index (χ3n) is 6.78. The molecule has 3 saturated heterocycles.